The number of anilines is 1. The van der Waals surface area contributed by atoms with E-state index in [-0.39, 0.29) is 16.4 Å². The molecule has 2 bridgehead atoms. The molecule has 6 nitrogen and oxygen atoms in total. The molecule has 0 saturated carbocycles. The number of hydrogen-bond donors (Lipinski definition) is 0. The average molecular weight is 309 g/mol. The van der Waals surface area contributed by atoms with Gasteiger partial charge in [0.15, 0.2) is 10.8 Å². The Hall–Kier alpha value is -1.47. The monoisotopic (exact) mass is 309 g/mol. The number of fused-ring (bicyclic) bond motifs is 2. The van der Waals surface area contributed by atoms with Crippen LogP contribution in [0.1, 0.15) is 35.9 Å². The van der Waals surface area contributed by atoms with Gasteiger partial charge in [-0.3, -0.25) is 19.8 Å². The number of rotatable bonds is 3. The summed E-state index contributed by atoms with van der Waals surface area (Å²) in [6, 6.07) is 2.47. The molecule has 0 aliphatic carbocycles. The van der Waals surface area contributed by atoms with E-state index in [0.29, 0.717) is 22.0 Å². The Balaban J connectivity index is 1.92. The fourth-order valence-electron chi connectivity index (χ4n) is 3.40. The molecule has 3 rings (SSSR count). The molecule has 0 aromatic carbocycles. The van der Waals surface area contributed by atoms with Crippen molar-refractivity contribution >= 4 is 27.8 Å². The summed E-state index contributed by atoms with van der Waals surface area (Å²) < 4.78 is 0. The highest BCUT2D eigenvalue weighted by Gasteiger charge is 2.37. The smallest absolute Gasteiger partial charge is 0.304 e. The van der Waals surface area contributed by atoms with E-state index in [2.05, 4.69) is 16.8 Å². The zero-order valence-electron chi connectivity index (χ0n) is 12.2. The molecule has 2 saturated heterocycles. The number of Topliss-reactive ketones (excluding diaryl/α,β-unsaturated/α-hetero) is 1. The van der Waals surface area contributed by atoms with Crippen molar-refractivity contribution < 1.29 is 9.72 Å². The third-order valence-electron chi connectivity index (χ3n) is 4.67. The molecule has 114 valence electrons. The summed E-state index contributed by atoms with van der Waals surface area (Å²) in [5.74, 6) is -0.109. The van der Waals surface area contributed by atoms with Crippen LogP contribution in [0.3, 0.4) is 0 Å². The van der Waals surface area contributed by atoms with Crippen molar-refractivity contribution in [2.75, 3.05) is 25.0 Å². The highest BCUT2D eigenvalue weighted by molar-refractivity contribution is 7.18. The largest absolute Gasteiger partial charge is 0.356 e. The topological polar surface area (TPSA) is 66.7 Å². The number of carbonyl (C=O) groups is 1. The lowest BCUT2D eigenvalue weighted by Crippen LogP contribution is -2.36. The molecule has 0 N–H and O–H groups in total. The first-order valence-electron chi connectivity index (χ1n) is 7.23. The number of thiophene rings is 1. The summed E-state index contributed by atoms with van der Waals surface area (Å²) >= 11 is 1.26. The van der Waals surface area contributed by atoms with Crippen molar-refractivity contribution in [1.82, 2.24) is 4.90 Å². The van der Waals surface area contributed by atoms with Gasteiger partial charge in [-0.15, -0.1) is 11.3 Å². The normalized spacial score (nSPS) is 25.9. The second-order valence-electron chi connectivity index (χ2n) is 5.90. The maximum Gasteiger partial charge on any atom is 0.304 e. The van der Waals surface area contributed by atoms with Crippen LogP contribution in [0.2, 0.25) is 0 Å². The average Bonchev–Trinajstić information content (AvgIpc) is 2.93. The molecule has 1 aromatic rings. The van der Waals surface area contributed by atoms with Crippen molar-refractivity contribution in [2.24, 2.45) is 0 Å². The Morgan fingerprint density at radius 3 is 2.76 bits per heavy atom. The van der Waals surface area contributed by atoms with Crippen molar-refractivity contribution in [2.45, 2.75) is 38.3 Å². The molecule has 0 spiro atoms. The van der Waals surface area contributed by atoms with E-state index >= 15 is 0 Å². The number of carbonyl (C=O) groups excluding carboxylic acids is 1. The zero-order chi connectivity index (χ0) is 15.1. The molecule has 21 heavy (non-hydrogen) atoms. The Morgan fingerprint density at radius 1 is 1.38 bits per heavy atom. The fraction of sp³-hybridized carbons (Fsp3) is 0.643. The standard InChI is InChI=1S/C14H19N3O3S/c1-9(18)13-7-12(17(19)20)14(21-13)16-6-5-10-3-4-11(8-16)15(10)2/h7,10-11H,3-6,8H2,1-2H3. The molecule has 3 heterocycles. The van der Waals surface area contributed by atoms with E-state index in [1.54, 1.807) is 0 Å². The summed E-state index contributed by atoms with van der Waals surface area (Å²) in [7, 11) is 2.15. The van der Waals surface area contributed by atoms with Crippen LogP contribution in [0.4, 0.5) is 10.7 Å². The molecule has 2 aliphatic heterocycles. The van der Waals surface area contributed by atoms with E-state index in [1.807, 2.05) is 0 Å². The van der Waals surface area contributed by atoms with Crippen LogP contribution in [0, 0.1) is 10.1 Å². The summed E-state index contributed by atoms with van der Waals surface area (Å²) in [5.41, 5.74) is 0.0747. The number of nitrogens with zero attached hydrogens (tertiary/aromatic N) is 3. The van der Waals surface area contributed by atoms with E-state index in [4.69, 9.17) is 0 Å². The minimum Gasteiger partial charge on any atom is -0.356 e. The summed E-state index contributed by atoms with van der Waals surface area (Å²) in [4.78, 5) is 27.4. The van der Waals surface area contributed by atoms with Gasteiger partial charge in [-0.1, -0.05) is 0 Å². The highest BCUT2D eigenvalue weighted by atomic mass is 32.1. The highest BCUT2D eigenvalue weighted by Crippen LogP contribution is 2.40. The molecule has 2 atom stereocenters. The van der Waals surface area contributed by atoms with Crippen molar-refractivity contribution in [1.29, 1.82) is 0 Å². The first kappa shape index (κ1) is 14.5. The van der Waals surface area contributed by atoms with Crippen LogP contribution in [0.25, 0.3) is 0 Å². The van der Waals surface area contributed by atoms with Crippen molar-refractivity contribution in [3.63, 3.8) is 0 Å². The summed E-state index contributed by atoms with van der Waals surface area (Å²) in [5, 5.41) is 11.9. The van der Waals surface area contributed by atoms with E-state index in [1.165, 1.54) is 30.7 Å². The number of hydrogen-bond acceptors (Lipinski definition) is 6. The first-order chi connectivity index (χ1) is 9.97. The van der Waals surface area contributed by atoms with Gasteiger partial charge in [0.05, 0.1) is 9.80 Å². The SMILES string of the molecule is CC(=O)c1cc([N+](=O)[O-])c(N2CCC3CCC(C2)N3C)s1. The van der Waals surface area contributed by atoms with Gasteiger partial charge >= 0.3 is 5.69 Å². The fourth-order valence-corrected chi connectivity index (χ4v) is 4.45. The van der Waals surface area contributed by atoms with Gasteiger partial charge < -0.3 is 4.90 Å². The van der Waals surface area contributed by atoms with Gasteiger partial charge in [0.1, 0.15) is 0 Å². The van der Waals surface area contributed by atoms with Crippen LogP contribution < -0.4 is 4.90 Å². The quantitative estimate of drug-likeness (QED) is 0.487. The lowest BCUT2D eigenvalue weighted by molar-refractivity contribution is -0.383. The molecular weight excluding hydrogens is 290 g/mol. The number of nitro groups is 1. The Labute approximate surface area is 127 Å². The first-order valence-corrected chi connectivity index (χ1v) is 8.05. The van der Waals surface area contributed by atoms with Gasteiger partial charge in [-0.05, 0) is 33.2 Å². The molecule has 2 unspecified atom stereocenters. The van der Waals surface area contributed by atoms with Crippen molar-refractivity contribution in [3.8, 4) is 0 Å². The van der Waals surface area contributed by atoms with Crippen LogP contribution in [0.15, 0.2) is 6.07 Å². The second-order valence-corrected chi connectivity index (χ2v) is 6.93. The molecule has 1 aromatic heterocycles. The maximum absolute atomic E-state index is 11.5. The lowest BCUT2D eigenvalue weighted by atomic mass is 10.1. The van der Waals surface area contributed by atoms with E-state index < -0.39 is 0 Å². The predicted octanol–water partition coefficient (Wildman–Crippen LogP) is 2.53. The molecule has 2 fully saturated rings. The van der Waals surface area contributed by atoms with Gasteiger partial charge in [0.2, 0.25) is 0 Å². The zero-order valence-corrected chi connectivity index (χ0v) is 13.1. The van der Waals surface area contributed by atoms with E-state index in [0.717, 1.165) is 25.9 Å². The van der Waals surface area contributed by atoms with Gasteiger partial charge in [0.25, 0.3) is 0 Å². The predicted molar refractivity (Wildman–Crippen MR) is 82.4 cm³/mol. The molecule has 2 aliphatic rings. The Kier molecular flexibility index (Phi) is 3.71. The Bertz CT molecular complexity index is 586. The van der Waals surface area contributed by atoms with Gasteiger partial charge in [-0.25, -0.2) is 0 Å². The molecule has 0 amide bonds. The molecule has 7 heteroatoms. The number of ketones is 1. The van der Waals surface area contributed by atoms with Crippen LogP contribution in [-0.2, 0) is 0 Å². The molecule has 0 radical (unpaired) electrons. The summed E-state index contributed by atoms with van der Waals surface area (Å²) in [6.07, 6.45) is 3.40. The number of likely N-dealkylation sites (N-methyl/N-ethyl adjacent to an activating group) is 1. The van der Waals surface area contributed by atoms with Crippen LogP contribution in [0.5, 0.6) is 0 Å². The second kappa shape index (κ2) is 5.38. The van der Waals surface area contributed by atoms with Crippen LogP contribution >= 0.6 is 11.3 Å². The van der Waals surface area contributed by atoms with Gasteiger partial charge in [0, 0.05) is 31.2 Å². The molecular formula is C14H19N3O3S. The maximum atomic E-state index is 11.5. The lowest BCUT2D eigenvalue weighted by Gasteiger charge is -2.25. The minimum atomic E-state index is -0.370. The van der Waals surface area contributed by atoms with Gasteiger partial charge in [-0.2, -0.15) is 0 Å². The third-order valence-corrected chi connectivity index (χ3v) is 5.96. The Morgan fingerprint density at radius 2 is 2.10 bits per heavy atom. The van der Waals surface area contributed by atoms with Crippen molar-refractivity contribution in [3.05, 3.63) is 21.1 Å². The minimum absolute atomic E-state index is 0.0747. The van der Waals surface area contributed by atoms with E-state index in [9.17, 15) is 14.9 Å². The van der Waals surface area contributed by atoms with Crippen LogP contribution in [-0.4, -0.2) is 47.8 Å². The third kappa shape index (κ3) is 2.55. The summed E-state index contributed by atoms with van der Waals surface area (Å²) in [6.45, 7) is 3.09.